The molecule has 0 spiro atoms. The van der Waals surface area contributed by atoms with E-state index in [2.05, 4.69) is 0 Å². The maximum absolute atomic E-state index is 11.8. The first-order valence-corrected chi connectivity index (χ1v) is 6.89. The Balaban J connectivity index is 2.69. The Kier molecular flexibility index (Phi) is 4.18. The van der Waals surface area contributed by atoms with Crippen molar-refractivity contribution in [2.45, 2.75) is 6.92 Å². The third-order valence-corrected chi connectivity index (χ3v) is 4.00. The van der Waals surface area contributed by atoms with Gasteiger partial charge in [0.2, 0.25) is 0 Å². The van der Waals surface area contributed by atoms with Gasteiger partial charge in [0.15, 0.2) is 29.3 Å². The minimum atomic E-state index is -0.472. The van der Waals surface area contributed by atoms with Crippen LogP contribution in [0.25, 0.3) is 10.1 Å². The van der Waals surface area contributed by atoms with Crippen LogP contribution in [0.4, 0.5) is 0 Å². The van der Waals surface area contributed by atoms with Crippen LogP contribution in [-0.4, -0.2) is 18.9 Å². The van der Waals surface area contributed by atoms with Gasteiger partial charge in [0.05, 0.1) is 12.2 Å². The fourth-order valence-electron chi connectivity index (χ4n) is 1.66. The van der Waals surface area contributed by atoms with Crippen molar-refractivity contribution in [3.8, 4) is 5.75 Å². The monoisotopic (exact) mass is 376 g/mol. The molecule has 0 fully saturated rings. The summed E-state index contributed by atoms with van der Waals surface area (Å²) in [6.45, 7) is 2.01. The van der Waals surface area contributed by atoms with E-state index in [0.717, 1.165) is 4.70 Å². The smallest absolute Gasteiger partial charge is 0.349 e. The molecular formula is C12H9IO4S. The number of fused-ring (bicyclic) bond motifs is 1. The fourth-order valence-corrected chi connectivity index (χ4v) is 3.11. The Morgan fingerprint density at radius 1 is 1.50 bits per heavy atom. The van der Waals surface area contributed by atoms with Gasteiger partial charge in [-0.05, 0) is 19.1 Å². The summed E-state index contributed by atoms with van der Waals surface area (Å²) in [7, 11) is 0. The Morgan fingerprint density at radius 3 is 2.89 bits per heavy atom. The van der Waals surface area contributed by atoms with Crippen LogP contribution in [0, 0.1) is 0 Å². The van der Waals surface area contributed by atoms with E-state index >= 15 is 0 Å². The minimum Gasteiger partial charge on any atom is -0.462 e. The summed E-state index contributed by atoms with van der Waals surface area (Å²) in [6, 6.07) is 5.41. The molecule has 0 N–H and O–H groups in total. The molecule has 94 valence electrons. The molecule has 0 atom stereocenters. The van der Waals surface area contributed by atoms with E-state index in [1.165, 1.54) is 11.3 Å². The Bertz CT molecular complexity index is 605. The number of aldehydes is 1. The van der Waals surface area contributed by atoms with Crippen LogP contribution in [0.3, 0.4) is 0 Å². The average molecular weight is 376 g/mol. The number of ether oxygens (including phenoxy) is 1. The van der Waals surface area contributed by atoms with Crippen LogP contribution in [0.1, 0.15) is 27.0 Å². The Hall–Kier alpha value is -1.15. The van der Waals surface area contributed by atoms with Crippen LogP contribution in [-0.2, 0) is 4.74 Å². The van der Waals surface area contributed by atoms with E-state index in [0.29, 0.717) is 27.9 Å². The summed E-state index contributed by atoms with van der Waals surface area (Å²) in [5.41, 5.74) is 0.334. The van der Waals surface area contributed by atoms with Crippen LogP contribution in [0.5, 0.6) is 5.75 Å². The molecule has 1 aromatic heterocycles. The van der Waals surface area contributed by atoms with Gasteiger partial charge in [-0.25, -0.2) is 4.79 Å². The summed E-state index contributed by atoms with van der Waals surface area (Å²) in [6.07, 6.45) is 0.671. The van der Waals surface area contributed by atoms with Gasteiger partial charge in [-0.3, -0.25) is 4.79 Å². The summed E-state index contributed by atoms with van der Waals surface area (Å²) in [5, 5.41) is 0.662. The Morgan fingerprint density at radius 2 is 2.28 bits per heavy atom. The largest absolute Gasteiger partial charge is 0.462 e. The van der Waals surface area contributed by atoms with Crippen LogP contribution < -0.4 is 3.07 Å². The van der Waals surface area contributed by atoms with Crippen LogP contribution >= 0.6 is 34.3 Å². The highest BCUT2D eigenvalue weighted by Crippen LogP contribution is 2.37. The van der Waals surface area contributed by atoms with Gasteiger partial charge < -0.3 is 7.80 Å². The van der Waals surface area contributed by atoms with E-state index in [1.54, 1.807) is 36.0 Å². The highest BCUT2D eigenvalue weighted by Gasteiger charge is 2.21. The molecule has 0 aliphatic heterocycles. The van der Waals surface area contributed by atoms with E-state index in [9.17, 15) is 9.59 Å². The van der Waals surface area contributed by atoms with Crippen LogP contribution in [0.15, 0.2) is 18.2 Å². The number of benzene rings is 1. The molecule has 6 heteroatoms. The van der Waals surface area contributed by atoms with Crippen molar-refractivity contribution in [1.29, 1.82) is 0 Å². The minimum absolute atomic E-state index is 0.279. The first kappa shape index (κ1) is 13.3. The highest BCUT2D eigenvalue weighted by molar-refractivity contribution is 14.1. The molecule has 0 radical (unpaired) electrons. The SMILES string of the molecule is CCOC(=O)c1sc2cccc(OI)c2c1C=O. The molecular weight excluding hydrogens is 367 g/mol. The van der Waals surface area contributed by atoms with Gasteiger partial charge in [-0.15, -0.1) is 11.3 Å². The average Bonchev–Trinajstić information content (AvgIpc) is 2.77. The molecule has 18 heavy (non-hydrogen) atoms. The number of esters is 1. The fraction of sp³-hybridized carbons (Fsp3) is 0.167. The van der Waals surface area contributed by atoms with E-state index in [4.69, 9.17) is 7.80 Å². The molecule has 1 aromatic carbocycles. The molecule has 0 saturated carbocycles. The highest BCUT2D eigenvalue weighted by atomic mass is 127. The molecule has 0 saturated heterocycles. The van der Waals surface area contributed by atoms with Gasteiger partial charge in [0, 0.05) is 10.1 Å². The number of carbonyl (C=O) groups is 2. The topological polar surface area (TPSA) is 52.6 Å². The van der Waals surface area contributed by atoms with Gasteiger partial charge in [0.1, 0.15) is 10.6 Å². The van der Waals surface area contributed by atoms with Crippen molar-refractivity contribution < 1.29 is 17.4 Å². The lowest BCUT2D eigenvalue weighted by Gasteiger charge is -2.00. The number of hydrogen-bond acceptors (Lipinski definition) is 5. The molecule has 0 bridgehead atoms. The molecule has 0 aliphatic carbocycles. The Labute approximate surface area is 122 Å². The maximum Gasteiger partial charge on any atom is 0.349 e. The first-order valence-electron chi connectivity index (χ1n) is 5.19. The number of rotatable bonds is 4. The van der Waals surface area contributed by atoms with E-state index in [-0.39, 0.29) is 6.61 Å². The van der Waals surface area contributed by atoms with E-state index in [1.807, 2.05) is 12.1 Å². The first-order chi connectivity index (χ1) is 8.72. The second-order valence-corrected chi connectivity index (χ2v) is 4.88. The lowest BCUT2D eigenvalue weighted by atomic mass is 10.1. The third-order valence-electron chi connectivity index (χ3n) is 2.38. The van der Waals surface area contributed by atoms with Crippen molar-refractivity contribution in [3.63, 3.8) is 0 Å². The van der Waals surface area contributed by atoms with Gasteiger partial charge in [-0.2, -0.15) is 0 Å². The molecule has 2 aromatic rings. The lowest BCUT2D eigenvalue weighted by molar-refractivity contribution is 0.0530. The summed E-state index contributed by atoms with van der Waals surface area (Å²) in [4.78, 5) is 23.3. The van der Waals surface area contributed by atoms with Crippen molar-refractivity contribution in [2.75, 3.05) is 6.61 Å². The second kappa shape index (κ2) is 5.66. The van der Waals surface area contributed by atoms with Gasteiger partial charge in [0.25, 0.3) is 0 Å². The number of thiophene rings is 1. The molecule has 0 unspecified atom stereocenters. The third kappa shape index (κ3) is 2.22. The van der Waals surface area contributed by atoms with Crippen molar-refractivity contribution >= 4 is 56.7 Å². The predicted octanol–water partition coefficient (Wildman–Crippen LogP) is 3.62. The van der Waals surface area contributed by atoms with E-state index < -0.39 is 5.97 Å². The zero-order chi connectivity index (χ0) is 13.1. The number of hydrogen-bond donors (Lipinski definition) is 0. The molecule has 0 aliphatic rings. The lowest BCUT2D eigenvalue weighted by Crippen LogP contribution is -2.04. The summed E-state index contributed by atoms with van der Waals surface area (Å²) >= 11 is 2.99. The quantitative estimate of drug-likeness (QED) is 0.465. The van der Waals surface area contributed by atoms with Crippen molar-refractivity contribution in [1.82, 2.24) is 0 Å². The van der Waals surface area contributed by atoms with Crippen molar-refractivity contribution in [3.05, 3.63) is 28.6 Å². The zero-order valence-electron chi connectivity index (χ0n) is 9.44. The standard InChI is InChI=1S/C12H9IO4S/c1-2-16-12(15)11-7(6-14)10-8(17-13)4-3-5-9(10)18-11/h3-6H,2H2,1H3. The zero-order valence-corrected chi connectivity index (χ0v) is 12.4. The number of carbonyl (C=O) groups excluding carboxylic acids is 2. The number of halogens is 1. The maximum atomic E-state index is 11.8. The van der Waals surface area contributed by atoms with Gasteiger partial charge >= 0.3 is 5.97 Å². The van der Waals surface area contributed by atoms with Crippen molar-refractivity contribution in [2.24, 2.45) is 0 Å². The molecule has 2 rings (SSSR count). The molecule has 4 nitrogen and oxygen atoms in total. The van der Waals surface area contributed by atoms with Gasteiger partial charge in [-0.1, -0.05) is 6.07 Å². The normalized spacial score (nSPS) is 10.3. The molecule has 0 amide bonds. The summed E-state index contributed by atoms with van der Waals surface area (Å²) < 4.78 is 11.0. The predicted molar refractivity (Wildman–Crippen MR) is 77.8 cm³/mol. The van der Waals surface area contributed by atoms with Crippen LogP contribution in [0.2, 0.25) is 0 Å². The molecule has 1 heterocycles. The summed E-state index contributed by atoms with van der Waals surface area (Å²) in [5.74, 6) is 0.0993. The second-order valence-electron chi connectivity index (χ2n) is 3.39.